The minimum Gasteiger partial charge on any atom is -0.456 e. The Bertz CT molecular complexity index is 1990. The Morgan fingerprint density at radius 2 is 1.29 bits per heavy atom. The van der Waals surface area contributed by atoms with Crippen molar-refractivity contribution in [2.45, 2.75) is 0 Å². The first-order valence-electron chi connectivity index (χ1n) is 12.8. The molecule has 0 radical (unpaired) electrons. The molecule has 0 aliphatic carbocycles. The van der Waals surface area contributed by atoms with Gasteiger partial charge in [0.15, 0.2) is 0 Å². The Hall–Kier alpha value is -5.15. The van der Waals surface area contributed by atoms with Crippen molar-refractivity contribution in [3.05, 3.63) is 133 Å². The zero-order valence-electron chi connectivity index (χ0n) is 20.5. The number of nitrogens with zero attached hydrogens (tertiary/aromatic N) is 2. The van der Waals surface area contributed by atoms with E-state index in [0.29, 0.717) is 0 Å². The van der Waals surface area contributed by atoms with E-state index < -0.39 is 0 Å². The Morgan fingerprint density at radius 3 is 2.16 bits per heavy atom. The molecule has 0 amide bonds. The molecule has 0 spiro atoms. The normalized spacial score (nSPS) is 11.9. The molecule has 0 unspecified atom stereocenters. The number of imidazole rings is 1. The maximum absolute atomic E-state index is 6.31. The van der Waals surface area contributed by atoms with Crippen LogP contribution in [-0.2, 0) is 0 Å². The number of hydrogen-bond acceptors (Lipinski definition) is 2. The van der Waals surface area contributed by atoms with Crippen molar-refractivity contribution < 1.29 is 4.74 Å². The third kappa shape index (κ3) is 3.12. The molecule has 2 heterocycles. The Kier molecular flexibility index (Phi) is 4.52. The van der Waals surface area contributed by atoms with Gasteiger partial charge in [0.2, 0.25) is 0 Å². The van der Waals surface area contributed by atoms with Gasteiger partial charge < -0.3 is 4.74 Å². The summed E-state index contributed by atoms with van der Waals surface area (Å²) in [7, 11) is 0. The molecule has 1 aliphatic heterocycles. The van der Waals surface area contributed by atoms with Gasteiger partial charge in [0, 0.05) is 22.2 Å². The maximum Gasteiger partial charge on any atom is 0.145 e. The van der Waals surface area contributed by atoms with E-state index in [1.54, 1.807) is 0 Å². The van der Waals surface area contributed by atoms with Gasteiger partial charge in [-0.05, 0) is 58.5 Å². The largest absolute Gasteiger partial charge is 0.456 e. The molecule has 1 aromatic heterocycles. The van der Waals surface area contributed by atoms with Gasteiger partial charge in [-0.1, -0.05) is 97.1 Å². The number of fused-ring (bicyclic) bond motifs is 3. The van der Waals surface area contributed by atoms with Crippen LogP contribution in [0.15, 0.2) is 133 Å². The Morgan fingerprint density at radius 1 is 0.526 bits per heavy atom. The first-order chi connectivity index (χ1) is 18.8. The number of rotatable bonds is 3. The van der Waals surface area contributed by atoms with Crippen molar-refractivity contribution in [3.8, 4) is 50.8 Å². The van der Waals surface area contributed by atoms with E-state index in [1.165, 1.54) is 16.5 Å². The topological polar surface area (TPSA) is 27.1 Å². The van der Waals surface area contributed by atoms with E-state index in [1.807, 2.05) is 24.3 Å². The standard InChI is InChI=1S/C35H22N2O/c1-3-10-23(11-4-1)35-36-30-22-24(18-20-31(30)37(35)25-12-5-2-6-13-25)26-19-21-33-34-28(26)15-9-16-29(34)27-14-7-8-17-32(27)38-33/h1-22H. The number of aromatic nitrogens is 2. The number of ether oxygens (including phenoxy) is 1. The quantitative estimate of drug-likeness (QED) is 0.249. The summed E-state index contributed by atoms with van der Waals surface area (Å²) in [5.41, 5.74) is 8.88. The van der Waals surface area contributed by atoms with Gasteiger partial charge in [0.05, 0.1) is 11.0 Å². The van der Waals surface area contributed by atoms with Crippen LogP contribution >= 0.6 is 0 Å². The molecule has 178 valence electrons. The molecule has 0 saturated carbocycles. The fourth-order valence-electron chi connectivity index (χ4n) is 5.70. The fourth-order valence-corrected chi connectivity index (χ4v) is 5.70. The lowest BCUT2D eigenvalue weighted by molar-refractivity contribution is 0.487. The van der Waals surface area contributed by atoms with Crippen LogP contribution in [0.5, 0.6) is 11.5 Å². The predicted octanol–water partition coefficient (Wildman–Crippen LogP) is 9.29. The molecule has 38 heavy (non-hydrogen) atoms. The number of para-hydroxylation sites is 2. The molecule has 0 bridgehead atoms. The molecule has 0 saturated heterocycles. The van der Waals surface area contributed by atoms with Crippen molar-refractivity contribution in [1.29, 1.82) is 0 Å². The van der Waals surface area contributed by atoms with Crippen LogP contribution in [0.3, 0.4) is 0 Å². The van der Waals surface area contributed by atoms with Crippen LogP contribution in [0, 0.1) is 0 Å². The lowest BCUT2D eigenvalue weighted by Gasteiger charge is -2.22. The van der Waals surface area contributed by atoms with Gasteiger partial charge >= 0.3 is 0 Å². The van der Waals surface area contributed by atoms with Gasteiger partial charge in [0.1, 0.15) is 17.3 Å². The van der Waals surface area contributed by atoms with Gasteiger partial charge in [-0.2, -0.15) is 0 Å². The number of hydrogen-bond donors (Lipinski definition) is 0. The second-order valence-electron chi connectivity index (χ2n) is 9.61. The van der Waals surface area contributed by atoms with E-state index in [2.05, 4.69) is 114 Å². The van der Waals surface area contributed by atoms with Gasteiger partial charge in [-0.3, -0.25) is 4.57 Å². The third-order valence-corrected chi connectivity index (χ3v) is 7.41. The third-order valence-electron chi connectivity index (χ3n) is 7.41. The van der Waals surface area contributed by atoms with Gasteiger partial charge in [-0.15, -0.1) is 0 Å². The summed E-state index contributed by atoms with van der Waals surface area (Å²) in [4.78, 5) is 5.16. The monoisotopic (exact) mass is 486 g/mol. The highest BCUT2D eigenvalue weighted by atomic mass is 16.5. The molecule has 8 rings (SSSR count). The van der Waals surface area contributed by atoms with Crippen molar-refractivity contribution in [2.24, 2.45) is 0 Å². The van der Waals surface area contributed by atoms with Crippen LogP contribution in [-0.4, -0.2) is 9.55 Å². The molecule has 0 N–H and O–H groups in total. The average molecular weight is 487 g/mol. The molecule has 0 atom stereocenters. The highest BCUT2D eigenvalue weighted by Gasteiger charge is 2.22. The summed E-state index contributed by atoms with van der Waals surface area (Å²) in [6, 6.07) is 46.5. The summed E-state index contributed by atoms with van der Waals surface area (Å²) in [6.07, 6.45) is 0. The van der Waals surface area contributed by atoms with Crippen LogP contribution < -0.4 is 4.74 Å². The van der Waals surface area contributed by atoms with Crippen LogP contribution in [0.1, 0.15) is 0 Å². The number of benzene rings is 6. The van der Waals surface area contributed by atoms with Crippen LogP contribution in [0.25, 0.3) is 61.1 Å². The van der Waals surface area contributed by atoms with E-state index in [9.17, 15) is 0 Å². The molecule has 1 aliphatic rings. The fraction of sp³-hybridized carbons (Fsp3) is 0. The molecule has 3 nitrogen and oxygen atoms in total. The van der Waals surface area contributed by atoms with Crippen LogP contribution in [0.2, 0.25) is 0 Å². The van der Waals surface area contributed by atoms with E-state index in [0.717, 1.165) is 56.1 Å². The zero-order chi connectivity index (χ0) is 25.1. The lowest BCUT2D eigenvalue weighted by Crippen LogP contribution is -1.98. The summed E-state index contributed by atoms with van der Waals surface area (Å²) in [5, 5.41) is 2.34. The smallest absolute Gasteiger partial charge is 0.145 e. The molecule has 3 heteroatoms. The Balaban J connectivity index is 1.35. The predicted molar refractivity (Wildman–Crippen MR) is 155 cm³/mol. The molecule has 7 aromatic rings. The van der Waals surface area contributed by atoms with Crippen molar-refractivity contribution in [3.63, 3.8) is 0 Å². The van der Waals surface area contributed by atoms with Gasteiger partial charge in [-0.25, -0.2) is 4.98 Å². The van der Waals surface area contributed by atoms with E-state index in [-0.39, 0.29) is 0 Å². The molecular weight excluding hydrogens is 464 g/mol. The first kappa shape index (κ1) is 21.0. The minimum absolute atomic E-state index is 0.902. The van der Waals surface area contributed by atoms with Crippen molar-refractivity contribution >= 4 is 21.8 Å². The lowest BCUT2D eigenvalue weighted by atomic mass is 9.90. The summed E-state index contributed by atoms with van der Waals surface area (Å²) in [6.45, 7) is 0. The van der Waals surface area contributed by atoms with Crippen molar-refractivity contribution in [1.82, 2.24) is 9.55 Å². The van der Waals surface area contributed by atoms with Gasteiger partial charge in [0.25, 0.3) is 0 Å². The summed E-state index contributed by atoms with van der Waals surface area (Å²) >= 11 is 0. The second kappa shape index (κ2) is 8.19. The van der Waals surface area contributed by atoms with Crippen molar-refractivity contribution in [2.75, 3.05) is 0 Å². The average Bonchev–Trinajstić information content (AvgIpc) is 3.37. The molecule has 6 aromatic carbocycles. The highest BCUT2D eigenvalue weighted by molar-refractivity contribution is 6.10. The summed E-state index contributed by atoms with van der Waals surface area (Å²) < 4.78 is 8.56. The highest BCUT2D eigenvalue weighted by Crippen LogP contribution is 2.48. The first-order valence-corrected chi connectivity index (χ1v) is 12.8. The van der Waals surface area contributed by atoms with Crippen LogP contribution in [0.4, 0.5) is 0 Å². The Labute approximate surface area is 220 Å². The van der Waals surface area contributed by atoms with E-state index >= 15 is 0 Å². The minimum atomic E-state index is 0.902. The maximum atomic E-state index is 6.31. The summed E-state index contributed by atoms with van der Waals surface area (Å²) in [5.74, 6) is 2.74. The SMILES string of the molecule is c1ccc(-c2nc3cc(-c4ccc5c6c(cccc46)-c4ccccc4O5)ccc3n2-c2ccccc2)cc1. The second-order valence-corrected chi connectivity index (χ2v) is 9.61. The molecule has 0 fully saturated rings. The van der Waals surface area contributed by atoms with E-state index in [4.69, 9.17) is 9.72 Å². The zero-order valence-corrected chi connectivity index (χ0v) is 20.5. The molecular formula is C35H22N2O.